The number of hydrogen-bond acceptors (Lipinski definition) is 3. The second kappa shape index (κ2) is 3.42. The standard InChI is InChI=1S/C7H11N3O3/c8-5(11)3-10-2-1-4(6(9)12)7(10)13/h4H,1-3H2,(H2,8,11)(H2,9,12)/t4-/m0/s1. The van der Waals surface area contributed by atoms with Crippen LogP contribution in [0.5, 0.6) is 0 Å². The van der Waals surface area contributed by atoms with Crippen LogP contribution in [0.25, 0.3) is 0 Å². The van der Waals surface area contributed by atoms with Crippen LogP contribution in [0.3, 0.4) is 0 Å². The average Bonchev–Trinajstić information content (AvgIpc) is 2.32. The summed E-state index contributed by atoms with van der Waals surface area (Å²) in [5.74, 6) is -2.40. The van der Waals surface area contributed by atoms with Gasteiger partial charge >= 0.3 is 0 Å². The molecule has 0 bridgehead atoms. The van der Waals surface area contributed by atoms with E-state index in [9.17, 15) is 14.4 Å². The number of carbonyl (C=O) groups is 3. The van der Waals surface area contributed by atoms with Gasteiger partial charge in [0.05, 0.1) is 6.54 Å². The molecule has 0 radical (unpaired) electrons. The molecule has 1 aliphatic rings. The van der Waals surface area contributed by atoms with E-state index in [1.165, 1.54) is 4.90 Å². The van der Waals surface area contributed by atoms with Crippen molar-refractivity contribution in [2.75, 3.05) is 13.1 Å². The lowest BCUT2D eigenvalue weighted by Crippen LogP contribution is -2.38. The van der Waals surface area contributed by atoms with Crippen LogP contribution in [0, 0.1) is 5.92 Å². The minimum absolute atomic E-state index is 0.136. The molecule has 0 aromatic heterocycles. The molecule has 1 rings (SSSR count). The monoisotopic (exact) mass is 185 g/mol. The number of likely N-dealkylation sites (tertiary alicyclic amines) is 1. The van der Waals surface area contributed by atoms with E-state index in [2.05, 4.69) is 0 Å². The van der Waals surface area contributed by atoms with Gasteiger partial charge in [-0.2, -0.15) is 0 Å². The molecule has 1 heterocycles. The number of rotatable bonds is 3. The van der Waals surface area contributed by atoms with E-state index in [0.717, 1.165) is 0 Å². The van der Waals surface area contributed by atoms with Crippen LogP contribution in [0.4, 0.5) is 0 Å². The van der Waals surface area contributed by atoms with Gasteiger partial charge < -0.3 is 16.4 Å². The van der Waals surface area contributed by atoms with Crippen molar-refractivity contribution >= 4 is 17.7 Å². The highest BCUT2D eigenvalue weighted by Gasteiger charge is 2.35. The summed E-state index contributed by atoms with van der Waals surface area (Å²) in [6, 6.07) is 0. The van der Waals surface area contributed by atoms with Crippen LogP contribution in [-0.4, -0.2) is 35.7 Å². The quantitative estimate of drug-likeness (QED) is 0.487. The molecule has 13 heavy (non-hydrogen) atoms. The van der Waals surface area contributed by atoms with Gasteiger partial charge in [-0.15, -0.1) is 0 Å². The Morgan fingerprint density at radius 2 is 2.08 bits per heavy atom. The molecule has 0 spiro atoms. The fraction of sp³-hybridized carbons (Fsp3) is 0.571. The van der Waals surface area contributed by atoms with Gasteiger partial charge in [-0.25, -0.2) is 0 Å². The van der Waals surface area contributed by atoms with E-state index in [0.29, 0.717) is 13.0 Å². The molecule has 72 valence electrons. The summed E-state index contributed by atoms with van der Waals surface area (Å²) in [6.07, 6.45) is 0.376. The van der Waals surface area contributed by atoms with Crippen molar-refractivity contribution in [3.05, 3.63) is 0 Å². The van der Waals surface area contributed by atoms with Crippen LogP contribution < -0.4 is 11.5 Å². The van der Waals surface area contributed by atoms with Gasteiger partial charge in [0.2, 0.25) is 17.7 Å². The predicted octanol–water partition coefficient (Wildman–Crippen LogP) is -2.19. The number of primary amides is 2. The zero-order valence-corrected chi connectivity index (χ0v) is 7.03. The largest absolute Gasteiger partial charge is 0.369 e. The molecule has 1 atom stereocenters. The normalized spacial score (nSPS) is 22.0. The molecule has 0 aromatic carbocycles. The van der Waals surface area contributed by atoms with Crippen LogP contribution in [0.15, 0.2) is 0 Å². The van der Waals surface area contributed by atoms with Crippen molar-refractivity contribution in [2.45, 2.75) is 6.42 Å². The zero-order valence-electron chi connectivity index (χ0n) is 7.03. The van der Waals surface area contributed by atoms with Crippen molar-refractivity contribution in [1.29, 1.82) is 0 Å². The summed E-state index contributed by atoms with van der Waals surface area (Å²) in [5, 5.41) is 0. The summed E-state index contributed by atoms with van der Waals surface area (Å²) in [6.45, 7) is 0.234. The maximum atomic E-state index is 11.3. The van der Waals surface area contributed by atoms with Gasteiger partial charge in [0, 0.05) is 6.54 Å². The fourth-order valence-electron chi connectivity index (χ4n) is 1.35. The van der Waals surface area contributed by atoms with E-state index in [1.54, 1.807) is 0 Å². The third kappa shape index (κ3) is 1.95. The Balaban J connectivity index is 2.60. The lowest BCUT2D eigenvalue weighted by Gasteiger charge is -2.12. The Labute approximate surface area is 74.8 Å². The highest BCUT2D eigenvalue weighted by molar-refractivity contribution is 6.01. The molecular formula is C7H11N3O3. The van der Waals surface area contributed by atoms with Gasteiger partial charge in [0.25, 0.3) is 0 Å². The van der Waals surface area contributed by atoms with Gasteiger partial charge in [0.1, 0.15) is 5.92 Å². The number of amides is 3. The first-order valence-electron chi connectivity index (χ1n) is 3.88. The molecule has 3 amide bonds. The molecule has 1 fully saturated rings. The van der Waals surface area contributed by atoms with E-state index in [1.807, 2.05) is 0 Å². The zero-order chi connectivity index (χ0) is 10.0. The highest BCUT2D eigenvalue weighted by Crippen LogP contribution is 2.16. The minimum atomic E-state index is -0.778. The van der Waals surface area contributed by atoms with Crippen molar-refractivity contribution in [3.63, 3.8) is 0 Å². The first-order valence-corrected chi connectivity index (χ1v) is 3.88. The summed E-state index contributed by atoms with van der Waals surface area (Å²) in [4.78, 5) is 33.7. The summed E-state index contributed by atoms with van der Waals surface area (Å²) < 4.78 is 0. The maximum Gasteiger partial charge on any atom is 0.237 e. The van der Waals surface area contributed by atoms with E-state index in [4.69, 9.17) is 11.5 Å². The van der Waals surface area contributed by atoms with Crippen molar-refractivity contribution in [2.24, 2.45) is 17.4 Å². The van der Waals surface area contributed by atoms with Crippen LogP contribution >= 0.6 is 0 Å². The number of hydrogen-bond donors (Lipinski definition) is 2. The smallest absolute Gasteiger partial charge is 0.237 e. The first-order chi connectivity index (χ1) is 6.02. The Kier molecular flexibility index (Phi) is 2.50. The van der Waals surface area contributed by atoms with Crippen LogP contribution in [0.2, 0.25) is 0 Å². The highest BCUT2D eigenvalue weighted by atomic mass is 16.2. The topological polar surface area (TPSA) is 106 Å². The maximum absolute atomic E-state index is 11.3. The molecule has 1 saturated heterocycles. The number of carbonyl (C=O) groups excluding carboxylic acids is 3. The van der Waals surface area contributed by atoms with E-state index in [-0.39, 0.29) is 6.54 Å². The lowest BCUT2D eigenvalue weighted by molar-refractivity contribution is -0.138. The van der Waals surface area contributed by atoms with Crippen molar-refractivity contribution in [1.82, 2.24) is 4.90 Å². The molecule has 1 aliphatic heterocycles. The summed E-state index contributed by atoms with van der Waals surface area (Å²) in [7, 11) is 0. The molecule has 0 aliphatic carbocycles. The summed E-state index contributed by atoms with van der Waals surface area (Å²) >= 11 is 0. The van der Waals surface area contributed by atoms with Gasteiger partial charge in [-0.05, 0) is 6.42 Å². The Morgan fingerprint density at radius 3 is 2.46 bits per heavy atom. The lowest BCUT2D eigenvalue weighted by atomic mass is 10.1. The van der Waals surface area contributed by atoms with Crippen LogP contribution in [-0.2, 0) is 14.4 Å². The Hall–Kier alpha value is -1.59. The second-order valence-electron chi connectivity index (χ2n) is 2.97. The second-order valence-corrected chi connectivity index (χ2v) is 2.97. The van der Waals surface area contributed by atoms with E-state index >= 15 is 0 Å². The Morgan fingerprint density at radius 1 is 1.46 bits per heavy atom. The molecule has 0 saturated carbocycles. The fourth-order valence-corrected chi connectivity index (χ4v) is 1.35. The molecule has 4 N–H and O–H groups in total. The number of nitrogens with two attached hydrogens (primary N) is 2. The minimum Gasteiger partial charge on any atom is -0.369 e. The molecule has 6 nitrogen and oxygen atoms in total. The third-order valence-corrected chi connectivity index (χ3v) is 1.99. The van der Waals surface area contributed by atoms with Crippen molar-refractivity contribution in [3.8, 4) is 0 Å². The summed E-state index contributed by atoms with van der Waals surface area (Å²) in [5.41, 5.74) is 9.89. The molecule has 0 aromatic rings. The predicted molar refractivity (Wildman–Crippen MR) is 43.1 cm³/mol. The van der Waals surface area contributed by atoms with Crippen molar-refractivity contribution < 1.29 is 14.4 Å². The van der Waals surface area contributed by atoms with Gasteiger partial charge in [0.15, 0.2) is 0 Å². The molecular weight excluding hydrogens is 174 g/mol. The first kappa shape index (κ1) is 9.50. The number of nitrogens with zero attached hydrogens (tertiary/aromatic N) is 1. The molecule has 6 heteroatoms. The Bertz CT molecular complexity index is 264. The van der Waals surface area contributed by atoms with E-state index < -0.39 is 23.6 Å². The molecule has 0 unspecified atom stereocenters. The SMILES string of the molecule is NC(=O)CN1CC[C@@H](C(N)=O)C1=O. The van der Waals surface area contributed by atoms with Gasteiger partial charge in [-0.3, -0.25) is 14.4 Å². The van der Waals surface area contributed by atoms with Gasteiger partial charge in [-0.1, -0.05) is 0 Å². The third-order valence-electron chi connectivity index (χ3n) is 1.99. The van der Waals surface area contributed by atoms with Crippen LogP contribution in [0.1, 0.15) is 6.42 Å². The average molecular weight is 185 g/mol.